The first kappa shape index (κ1) is 23.3. The molecular formula is C21H36N4O4. The van der Waals surface area contributed by atoms with Crippen LogP contribution in [-0.2, 0) is 19.3 Å². The van der Waals surface area contributed by atoms with Crippen LogP contribution in [0.15, 0.2) is 10.3 Å². The van der Waals surface area contributed by atoms with E-state index < -0.39 is 17.4 Å². The minimum atomic E-state index is -1.60. The number of nitrogens with zero attached hydrogens (tertiary/aromatic N) is 2. The van der Waals surface area contributed by atoms with Gasteiger partial charge in [-0.05, 0) is 17.9 Å². The molecule has 2 N–H and O–H groups in total. The number of carbonyl (C=O) groups is 2. The molecule has 0 aliphatic carbocycles. The molecule has 29 heavy (non-hydrogen) atoms. The average Bonchev–Trinajstić information content (AvgIpc) is 2.73. The Kier molecular flexibility index (Phi) is 5.69. The van der Waals surface area contributed by atoms with E-state index in [-0.39, 0.29) is 28.1 Å². The summed E-state index contributed by atoms with van der Waals surface area (Å²) in [5.41, 5.74) is -4.40. The van der Waals surface area contributed by atoms with Gasteiger partial charge in [-0.1, -0.05) is 65.7 Å². The Morgan fingerprint density at radius 3 is 1.86 bits per heavy atom. The van der Waals surface area contributed by atoms with Gasteiger partial charge in [0.1, 0.15) is 0 Å². The fourth-order valence-electron chi connectivity index (χ4n) is 3.47. The molecule has 0 aromatic heterocycles. The van der Waals surface area contributed by atoms with Gasteiger partial charge in [0.2, 0.25) is 0 Å². The fraction of sp³-hybridized carbons (Fsp3) is 0.810. The molecule has 2 aliphatic heterocycles. The molecule has 0 aromatic rings. The van der Waals surface area contributed by atoms with Crippen molar-refractivity contribution in [3.63, 3.8) is 0 Å². The highest BCUT2D eigenvalue weighted by Crippen LogP contribution is 2.47. The minimum absolute atomic E-state index is 0.250. The van der Waals surface area contributed by atoms with Gasteiger partial charge in [0.25, 0.3) is 17.4 Å². The Morgan fingerprint density at radius 2 is 1.38 bits per heavy atom. The number of nitrogens with one attached hydrogen (secondary N) is 2. The van der Waals surface area contributed by atoms with E-state index in [1.54, 1.807) is 19.5 Å². The van der Waals surface area contributed by atoms with Gasteiger partial charge in [0.05, 0.1) is 12.4 Å². The average molecular weight is 409 g/mol. The van der Waals surface area contributed by atoms with Crippen LogP contribution in [-0.4, -0.2) is 43.1 Å². The monoisotopic (exact) mass is 408 g/mol. The van der Waals surface area contributed by atoms with E-state index in [2.05, 4.69) is 34.8 Å². The molecule has 0 saturated heterocycles. The highest BCUT2D eigenvalue weighted by molar-refractivity contribution is 5.88. The van der Waals surface area contributed by atoms with Crippen molar-refractivity contribution in [3.05, 3.63) is 0 Å². The van der Waals surface area contributed by atoms with Crippen LogP contribution in [0.3, 0.4) is 0 Å². The number of likely N-dealkylation sites (N-methyl/N-ethyl adjacent to an activating group) is 1. The first-order valence-electron chi connectivity index (χ1n) is 10.0. The van der Waals surface area contributed by atoms with Gasteiger partial charge >= 0.3 is 0 Å². The summed E-state index contributed by atoms with van der Waals surface area (Å²) in [6.45, 7) is 16.3. The molecule has 0 bridgehead atoms. The predicted molar refractivity (Wildman–Crippen MR) is 112 cm³/mol. The Bertz CT molecular complexity index is 726. The molecule has 0 aromatic carbocycles. The van der Waals surface area contributed by atoms with E-state index in [0.717, 1.165) is 0 Å². The van der Waals surface area contributed by atoms with Crippen LogP contribution in [0.25, 0.3) is 0 Å². The predicted octanol–water partition coefficient (Wildman–Crippen LogP) is 2.83. The zero-order valence-corrected chi connectivity index (χ0v) is 19.2. The summed E-state index contributed by atoms with van der Waals surface area (Å²) < 4.78 is 0. The zero-order valence-electron chi connectivity index (χ0n) is 19.2. The van der Waals surface area contributed by atoms with E-state index >= 15 is 0 Å². The number of amides is 1. The topological polar surface area (TPSA) is 101 Å². The third kappa shape index (κ3) is 4.04. The normalized spacial score (nSPS) is 34.1. The second-order valence-corrected chi connectivity index (χ2v) is 10.8. The lowest BCUT2D eigenvalue weighted by Crippen LogP contribution is -2.65. The summed E-state index contributed by atoms with van der Waals surface area (Å²) in [5.74, 6) is -0.527. The molecule has 0 radical (unpaired) electrons. The smallest absolute Gasteiger partial charge is 0.286 e. The maximum atomic E-state index is 13.5. The van der Waals surface area contributed by atoms with E-state index in [4.69, 9.17) is 9.68 Å². The van der Waals surface area contributed by atoms with Crippen molar-refractivity contribution >= 4 is 24.6 Å². The fourth-order valence-corrected chi connectivity index (χ4v) is 3.47. The first-order valence-corrected chi connectivity index (χ1v) is 10.0. The molecule has 2 heterocycles. The van der Waals surface area contributed by atoms with Gasteiger partial charge in [0.15, 0.2) is 6.29 Å². The molecule has 2 atom stereocenters. The van der Waals surface area contributed by atoms with E-state index in [9.17, 15) is 9.59 Å². The van der Waals surface area contributed by atoms with Crippen molar-refractivity contribution in [1.29, 1.82) is 0 Å². The van der Waals surface area contributed by atoms with Gasteiger partial charge in [-0.15, -0.1) is 0 Å². The van der Waals surface area contributed by atoms with Gasteiger partial charge in [0, 0.05) is 23.7 Å². The molecule has 2 aliphatic rings. The molecule has 164 valence electrons. The molecule has 0 spiro atoms. The number of hydrogen-bond acceptors (Lipinski definition) is 7. The molecule has 8 nitrogen and oxygen atoms in total. The summed E-state index contributed by atoms with van der Waals surface area (Å²) in [5, 5.41) is 13.8. The summed E-state index contributed by atoms with van der Waals surface area (Å²) in [4.78, 5) is 36.8. The van der Waals surface area contributed by atoms with Gasteiger partial charge < -0.3 is 15.0 Å². The molecule has 2 rings (SSSR count). The van der Waals surface area contributed by atoms with E-state index in [1.165, 1.54) is 0 Å². The maximum Gasteiger partial charge on any atom is 0.286 e. The third-order valence-electron chi connectivity index (χ3n) is 7.35. The SMILES string of the molecule is CNC1(C(=O)NC2(C=O)CC(C)(C)C(C)(C)C=NO2)CC(C)(C)C(C)(C)C=NO1. The van der Waals surface area contributed by atoms with Crippen LogP contribution in [0.2, 0.25) is 0 Å². The van der Waals surface area contributed by atoms with Crippen LogP contribution in [0, 0.1) is 21.7 Å². The van der Waals surface area contributed by atoms with Crippen molar-refractivity contribution in [2.45, 2.75) is 79.7 Å². The van der Waals surface area contributed by atoms with Crippen LogP contribution < -0.4 is 10.6 Å². The van der Waals surface area contributed by atoms with Crippen molar-refractivity contribution in [1.82, 2.24) is 10.6 Å². The Hall–Kier alpha value is -1.96. The number of oxime groups is 2. The van der Waals surface area contributed by atoms with Gasteiger partial charge in [-0.25, -0.2) is 0 Å². The van der Waals surface area contributed by atoms with Gasteiger partial charge in [-0.2, -0.15) is 0 Å². The van der Waals surface area contributed by atoms with Crippen LogP contribution in [0.4, 0.5) is 0 Å². The number of aldehydes is 1. The highest BCUT2D eigenvalue weighted by atomic mass is 16.7. The standard InChI is InChI=1S/C21H36N4O4/c1-16(2)10-20(14-26,28-23-12-18(16,5)6)25-15(27)21(22-9)11-17(3,4)19(7,8)13-24-29-21/h12-14,22H,10-11H2,1-9H3,(H,25,27). The number of carbonyl (C=O) groups excluding carboxylic acids is 2. The van der Waals surface area contributed by atoms with Crippen LogP contribution in [0.1, 0.15) is 68.2 Å². The number of hydrogen-bond donors (Lipinski definition) is 2. The maximum absolute atomic E-state index is 13.5. The lowest BCUT2D eigenvalue weighted by atomic mass is 9.64. The van der Waals surface area contributed by atoms with E-state index in [1.807, 2.05) is 41.5 Å². The van der Waals surface area contributed by atoms with Crippen molar-refractivity contribution < 1.29 is 19.3 Å². The molecule has 0 saturated carbocycles. The second-order valence-electron chi connectivity index (χ2n) is 10.8. The highest BCUT2D eigenvalue weighted by Gasteiger charge is 2.55. The van der Waals surface area contributed by atoms with Crippen LogP contribution in [0.5, 0.6) is 0 Å². The van der Waals surface area contributed by atoms with Gasteiger partial charge in [-0.3, -0.25) is 14.9 Å². The number of rotatable bonds is 4. The Morgan fingerprint density at radius 1 is 0.897 bits per heavy atom. The largest absolute Gasteiger partial charge is 0.363 e. The summed E-state index contributed by atoms with van der Waals surface area (Å²) in [6, 6.07) is 0. The summed E-state index contributed by atoms with van der Waals surface area (Å²) in [7, 11) is 1.64. The molecule has 1 amide bonds. The first-order chi connectivity index (χ1) is 13.1. The van der Waals surface area contributed by atoms with E-state index in [0.29, 0.717) is 12.7 Å². The molecule has 2 unspecified atom stereocenters. The summed E-state index contributed by atoms with van der Waals surface area (Å²) in [6.07, 6.45) is 4.58. The minimum Gasteiger partial charge on any atom is -0.363 e. The second kappa shape index (κ2) is 7.07. The lowest BCUT2D eigenvalue weighted by molar-refractivity contribution is -0.172. The quantitative estimate of drug-likeness (QED) is 0.697. The molecule has 8 heteroatoms. The Balaban J connectivity index is 2.39. The van der Waals surface area contributed by atoms with Crippen molar-refractivity contribution in [3.8, 4) is 0 Å². The third-order valence-corrected chi connectivity index (χ3v) is 7.35. The lowest BCUT2D eigenvalue weighted by Gasteiger charge is -2.43. The molecular weight excluding hydrogens is 372 g/mol. The molecule has 0 fully saturated rings. The zero-order chi connectivity index (χ0) is 22.4. The van der Waals surface area contributed by atoms with Crippen molar-refractivity contribution in [2.24, 2.45) is 32.0 Å². The summed E-state index contributed by atoms with van der Waals surface area (Å²) >= 11 is 0. The van der Waals surface area contributed by atoms with Crippen LogP contribution >= 0.6 is 0 Å². The van der Waals surface area contributed by atoms with Crippen molar-refractivity contribution in [2.75, 3.05) is 7.05 Å². The Labute approximate surface area is 173 Å².